The molecule has 0 atom stereocenters. The highest BCUT2D eigenvalue weighted by atomic mass is 32.1. The Morgan fingerprint density at radius 3 is 2.76 bits per heavy atom. The fourth-order valence-electron chi connectivity index (χ4n) is 3.96. The number of nitrogens with zero attached hydrogens (tertiary/aromatic N) is 5. The SMILES string of the molecule is Cc1nnsc1C(=O)Nc1cccc(Oc2ccc3nc(NC(=O)C4CCCCC4)cn3n2)c1. The maximum atomic E-state index is 12.5. The molecule has 0 radical (unpaired) electrons. The van der Waals surface area contributed by atoms with Crippen molar-refractivity contribution >= 4 is 40.5 Å². The first-order valence-electron chi connectivity index (χ1n) is 11.1. The Morgan fingerprint density at radius 2 is 1.97 bits per heavy atom. The summed E-state index contributed by atoms with van der Waals surface area (Å²) in [6.07, 6.45) is 6.91. The molecule has 0 spiro atoms. The molecule has 1 fully saturated rings. The molecule has 174 valence electrons. The van der Waals surface area contributed by atoms with Gasteiger partial charge in [0, 0.05) is 23.7 Å². The topological polar surface area (TPSA) is 123 Å². The van der Waals surface area contributed by atoms with E-state index in [1.165, 1.54) is 6.42 Å². The summed E-state index contributed by atoms with van der Waals surface area (Å²) in [5.74, 6) is 1.12. The molecular weight excluding hydrogens is 454 g/mol. The van der Waals surface area contributed by atoms with E-state index in [1.54, 1.807) is 54.0 Å². The number of fused-ring (bicyclic) bond motifs is 1. The fourth-order valence-corrected chi connectivity index (χ4v) is 4.51. The minimum absolute atomic E-state index is 0.0164. The summed E-state index contributed by atoms with van der Waals surface area (Å²) in [6.45, 7) is 1.74. The van der Waals surface area contributed by atoms with Gasteiger partial charge in [-0.2, -0.15) is 0 Å². The van der Waals surface area contributed by atoms with E-state index < -0.39 is 0 Å². The van der Waals surface area contributed by atoms with Gasteiger partial charge in [-0.15, -0.1) is 10.2 Å². The summed E-state index contributed by atoms with van der Waals surface area (Å²) in [5, 5.41) is 14.0. The van der Waals surface area contributed by atoms with E-state index in [1.807, 2.05) is 0 Å². The molecule has 0 aliphatic heterocycles. The molecule has 1 aliphatic rings. The van der Waals surface area contributed by atoms with Crippen LogP contribution in [0.25, 0.3) is 5.65 Å². The number of imidazole rings is 1. The molecule has 1 saturated carbocycles. The van der Waals surface area contributed by atoms with Crippen LogP contribution in [0.2, 0.25) is 0 Å². The summed E-state index contributed by atoms with van der Waals surface area (Å²) in [6, 6.07) is 10.5. The van der Waals surface area contributed by atoms with Gasteiger partial charge in [0.25, 0.3) is 5.91 Å². The summed E-state index contributed by atoms with van der Waals surface area (Å²) in [7, 11) is 0. The van der Waals surface area contributed by atoms with Gasteiger partial charge in [0.2, 0.25) is 11.8 Å². The van der Waals surface area contributed by atoms with Crippen LogP contribution >= 0.6 is 11.5 Å². The van der Waals surface area contributed by atoms with E-state index in [0.717, 1.165) is 37.2 Å². The molecular formula is C23H23N7O3S. The Hall–Kier alpha value is -3.86. The minimum Gasteiger partial charge on any atom is -0.438 e. The van der Waals surface area contributed by atoms with Crippen molar-refractivity contribution in [1.29, 1.82) is 0 Å². The highest BCUT2D eigenvalue weighted by Gasteiger charge is 2.22. The number of hydrogen-bond donors (Lipinski definition) is 2. The van der Waals surface area contributed by atoms with Gasteiger partial charge in [-0.05, 0) is 49.5 Å². The molecule has 5 rings (SSSR count). The van der Waals surface area contributed by atoms with Crippen molar-refractivity contribution in [3.8, 4) is 11.6 Å². The van der Waals surface area contributed by atoms with Crippen molar-refractivity contribution in [3.05, 3.63) is 53.2 Å². The lowest BCUT2D eigenvalue weighted by Gasteiger charge is -2.19. The lowest BCUT2D eigenvalue weighted by Crippen LogP contribution is -2.24. The molecule has 2 N–H and O–H groups in total. The number of rotatable bonds is 6. The van der Waals surface area contributed by atoms with E-state index in [4.69, 9.17) is 4.74 Å². The number of ether oxygens (including phenoxy) is 1. The molecule has 1 aliphatic carbocycles. The Labute approximate surface area is 199 Å². The second-order valence-corrected chi connectivity index (χ2v) is 8.95. The number of aryl methyl sites for hydroxylation is 1. The van der Waals surface area contributed by atoms with Gasteiger partial charge >= 0.3 is 0 Å². The van der Waals surface area contributed by atoms with E-state index in [-0.39, 0.29) is 17.7 Å². The molecule has 1 aromatic carbocycles. The second kappa shape index (κ2) is 9.56. The number of nitrogens with one attached hydrogen (secondary N) is 2. The van der Waals surface area contributed by atoms with E-state index in [0.29, 0.717) is 39.4 Å². The van der Waals surface area contributed by atoms with E-state index >= 15 is 0 Å². The van der Waals surface area contributed by atoms with Crippen molar-refractivity contribution < 1.29 is 14.3 Å². The Bertz CT molecular complexity index is 1340. The number of hydrogen-bond acceptors (Lipinski definition) is 8. The van der Waals surface area contributed by atoms with Crippen LogP contribution in [-0.2, 0) is 4.79 Å². The van der Waals surface area contributed by atoms with Gasteiger partial charge in [0.15, 0.2) is 11.5 Å². The van der Waals surface area contributed by atoms with Crippen molar-refractivity contribution in [3.63, 3.8) is 0 Å². The standard InChI is InChI=1S/C23H23N7O3S/c1-14-21(34-29-27-14)23(32)24-16-8-5-9-17(12-16)33-20-11-10-19-25-18(13-30(19)28-20)26-22(31)15-6-3-2-4-7-15/h5,8-13,15H,2-4,6-7H2,1H3,(H,24,32)(H,26,31). The zero-order valence-corrected chi connectivity index (χ0v) is 19.3. The molecule has 34 heavy (non-hydrogen) atoms. The highest BCUT2D eigenvalue weighted by molar-refractivity contribution is 7.08. The maximum Gasteiger partial charge on any atom is 0.269 e. The summed E-state index contributed by atoms with van der Waals surface area (Å²) < 4.78 is 11.2. The average molecular weight is 478 g/mol. The van der Waals surface area contributed by atoms with Gasteiger partial charge in [-0.1, -0.05) is 29.8 Å². The van der Waals surface area contributed by atoms with Crippen LogP contribution in [0.3, 0.4) is 0 Å². The van der Waals surface area contributed by atoms with Crippen LogP contribution in [0.15, 0.2) is 42.6 Å². The summed E-state index contributed by atoms with van der Waals surface area (Å²) in [4.78, 5) is 29.8. The fraction of sp³-hybridized carbons (Fsp3) is 0.304. The predicted molar refractivity (Wildman–Crippen MR) is 127 cm³/mol. The summed E-state index contributed by atoms with van der Waals surface area (Å²) >= 11 is 1.05. The van der Waals surface area contributed by atoms with Crippen LogP contribution in [-0.4, -0.2) is 36.0 Å². The van der Waals surface area contributed by atoms with Gasteiger partial charge < -0.3 is 15.4 Å². The lowest BCUT2D eigenvalue weighted by molar-refractivity contribution is -0.120. The summed E-state index contributed by atoms with van der Waals surface area (Å²) in [5.41, 5.74) is 1.76. The molecule has 11 heteroatoms. The molecule has 3 heterocycles. The first kappa shape index (κ1) is 22.0. The Kier molecular flexibility index (Phi) is 6.17. The zero-order valence-electron chi connectivity index (χ0n) is 18.5. The van der Waals surface area contributed by atoms with Crippen molar-refractivity contribution in [2.75, 3.05) is 10.6 Å². The molecule has 4 aromatic rings. The number of carbonyl (C=O) groups is 2. The van der Waals surface area contributed by atoms with E-state index in [2.05, 4.69) is 30.3 Å². The Morgan fingerprint density at radius 1 is 1.12 bits per heavy atom. The number of aromatic nitrogens is 5. The van der Waals surface area contributed by atoms with Gasteiger partial charge in [-0.25, -0.2) is 9.50 Å². The molecule has 0 bridgehead atoms. The van der Waals surface area contributed by atoms with E-state index in [9.17, 15) is 9.59 Å². The molecule has 3 aromatic heterocycles. The molecule has 0 unspecified atom stereocenters. The minimum atomic E-state index is -0.273. The first-order chi connectivity index (χ1) is 16.5. The molecule has 10 nitrogen and oxygen atoms in total. The van der Waals surface area contributed by atoms with Crippen LogP contribution in [0.4, 0.5) is 11.5 Å². The third-order valence-corrected chi connectivity index (χ3v) is 6.52. The zero-order chi connectivity index (χ0) is 23.5. The Balaban J connectivity index is 1.26. The average Bonchev–Trinajstić information content (AvgIpc) is 3.45. The normalized spacial score (nSPS) is 14.1. The quantitative estimate of drug-likeness (QED) is 0.420. The third kappa shape index (κ3) is 4.88. The number of amides is 2. The largest absolute Gasteiger partial charge is 0.438 e. The monoisotopic (exact) mass is 477 g/mol. The second-order valence-electron chi connectivity index (χ2n) is 8.20. The van der Waals surface area contributed by atoms with Crippen LogP contribution in [0.5, 0.6) is 11.6 Å². The molecule has 2 amide bonds. The predicted octanol–water partition coefficient (Wildman–Crippen LogP) is 4.45. The van der Waals surface area contributed by atoms with Gasteiger partial charge in [0.1, 0.15) is 10.6 Å². The molecule has 0 saturated heterocycles. The van der Waals surface area contributed by atoms with Gasteiger partial charge in [0.05, 0.1) is 11.9 Å². The maximum absolute atomic E-state index is 12.5. The lowest BCUT2D eigenvalue weighted by atomic mass is 9.89. The number of benzene rings is 1. The smallest absolute Gasteiger partial charge is 0.269 e. The van der Waals surface area contributed by atoms with Crippen molar-refractivity contribution in [2.24, 2.45) is 5.92 Å². The highest BCUT2D eigenvalue weighted by Crippen LogP contribution is 2.26. The third-order valence-electron chi connectivity index (χ3n) is 5.69. The number of anilines is 2. The first-order valence-corrected chi connectivity index (χ1v) is 11.9. The van der Waals surface area contributed by atoms with Crippen LogP contribution in [0.1, 0.15) is 47.5 Å². The van der Waals surface area contributed by atoms with Crippen LogP contribution in [0, 0.1) is 12.8 Å². The number of carbonyl (C=O) groups excluding carboxylic acids is 2. The van der Waals surface area contributed by atoms with Crippen LogP contribution < -0.4 is 15.4 Å². The van der Waals surface area contributed by atoms with Crippen molar-refractivity contribution in [1.82, 2.24) is 24.2 Å². The van der Waals surface area contributed by atoms with Gasteiger partial charge in [-0.3, -0.25) is 9.59 Å². The van der Waals surface area contributed by atoms with Crippen molar-refractivity contribution in [2.45, 2.75) is 39.0 Å².